The van der Waals surface area contributed by atoms with Crippen molar-refractivity contribution in [2.45, 2.75) is 37.3 Å². The summed E-state index contributed by atoms with van der Waals surface area (Å²) in [5.41, 5.74) is -0.0117. The first-order valence-electron chi connectivity index (χ1n) is 6.54. The first kappa shape index (κ1) is 16.5. The number of aromatic nitrogens is 1. The highest BCUT2D eigenvalue weighted by molar-refractivity contribution is 8.00. The second-order valence-electron chi connectivity index (χ2n) is 4.92. The second kappa shape index (κ2) is 7.89. The van der Waals surface area contributed by atoms with Crippen molar-refractivity contribution in [3.05, 3.63) is 24.0 Å². The molecule has 1 rings (SSSR count). The zero-order chi connectivity index (χ0) is 15.1. The normalized spacial score (nSPS) is 12.2. The Bertz CT molecular complexity index is 477. The molecule has 1 amide bonds. The number of thioether (sulfide) groups is 1. The number of pyridine rings is 1. The molecule has 0 aliphatic carbocycles. The number of nitrogens with one attached hydrogen (secondary N) is 1. The first-order chi connectivity index (χ1) is 9.40. The van der Waals surface area contributed by atoms with E-state index in [4.69, 9.17) is 5.11 Å². The lowest BCUT2D eigenvalue weighted by Crippen LogP contribution is -2.32. The highest BCUT2D eigenvalue weighted by Gasteiger charge is 2.15. The molecule has 0 spiro atoms. The molecule has 0 saturated carbocycles. The van der Waals surface area contributed by atoms with Crippen LogP contribution in [-0.4, -0.2) is 33.8 Å². The summed E-state index contributed by atoms with van der Waals surface area (Å²) in [6.45, 7) is 6.68. The average molecular weight is 296 g/mol. The van der Waals surface area contributed by atoms with E-state index in [1.54, 1.807) is 13.0 Å². The maximum atomic E-state index is 11.9. The maximum Gasteiger partial charge on any atom is 0.354 e. The number of carboxylic acid groups (broad SMARTS) is 1. The van der Waals surface area contributed by atoms with Crippen molar-refractivity contribution in [2.75, 3.05) is 6.54 Å². The first-order valence-corrected chi connectivity index (χ1v) is 7.42. The summed E-state index contributed by atoms with van der Waals surface area (Å²) in [7, 11) is 0. The number of amides is 1. The lowest BCUT2D eigenvalue weighted by atomic mass is 10.1. The molecular formula is C14H20N2O3S. The zero-order valence-corrected chi connectivity index (χ0v) is 12.7. The minimum atomic E-state index is -1.07. The van der Waals surface area contributed by atoms with Crippen molar-refractivity contribution >= 4 is 23.6 Å². The third-order valence-electron chi connectivity index (χ3n) is 2.65. The van der Waals surface area contributed by atoms with Gasteiger partial charge in [0.25, 0.3) is 0 Å². The SMILES string of the molecule is CC(C)CCNC(=O)C(C)Sc1ccnc(C(=O)O)c1. The molecule has 1 atom stereocenters. The number of rotatable bonds is 7. The summed E-state index contributed by atoms with van der Waals surface area (Å²) >= 11 is 1.33. The second-order valence-corrected chi connectivity index (χ2v) is 6.33. The summed E-state index contributed by atoms with van der Waals surface area (Å²) in [5, 5.41) is 11.5. The molecule has 2 N–H and O–H groups in total. The van der Waals surface area contributed by atoms with Crippen LogP contribution in [0.3, 0.4) is 0 Å². The van der Waals surface area contributed by atoms with Crippen molar-refractivity contribution in [1.29, 1.82) is 0 Å². The van der Waals surface area contributed by atoms with Crippen LogP contribution in [0.2, 0.25) is 0 Å². The van der Waals surface area contributed by atoms with E-state index < -0.39 is 5.97 Å². The number of nitrogens with zero attached hydrogens (tertiary/aromatic N) is 1. The van der Waals surface area contributed by atoms with Crippen molar-refractivity contribution < 1.29 is 14.7 Å². The van der Waals surface area contributed by atoms with Gasteiger partial charge in [0.05, 0.1) is 5.25 Å². The summed E-state index contributed by atoms with van der Waals surface area (Å²) in [5.74, 6) is -0.553. The Morgan fingerprint density at radius 3 is 2.70 bits per heavy atom. The molecule has 20 heavy (non-hydrogen) atoms. The summed E-state index contributed by atoms with van der Waals surface area (Å²) < 4.78 is 0. The van der Waals surface area contributed by atoms with Crippen LogP contribution < -0.4 is 5.32 Å². The van der Waals surface area contributed by atoms with Crippen LogP contribution >= 0.6 is 11.8 Å². The molecular weight excluding hydrogens is 276 g/mol. The number of hydrogen-bond acceptors (Lipinski definition) is 4. The third kappa shape index (κ3) is 5.61. The van der Waals surface area contributed by atoms with Crippen LogP contribution in [-0.2, 0) is 4.79 Å². The van der Waals surface area contributed by atoms with Crippen LogP contribution in [0.4, 0.5) is 0 Å². The molecule has 110 valence electrons. The van der Waals surface area contributed by atoms with E-state index in [0.29, 0.717) is 12.5 Å². The fourth-order valence-electron chi connectivity index (χ4n) is 1.49. The van der Waals surface area contributed by atoms with Gasteiger partial charge in [-0.05, 0) is 31.4 Å². The quantitative estimate of drug-likeness (QED) is 0.755. The molecule has 0 aliphatic rings. The molecule has 1 aromatic rings. The van der Waals surface area contributed by atoms with Crippen LogP contribution in [0.1, 0.15) is 37.7 Å². The van der Waals surface area contributed by atoms with E-state index in [0.717, 1.165) is 11.3 Å². The smallest absolute Gasteiger partial charge is 0.354 e. The Labute approximate surface area is 123 Å². The molecule has 1 aromatic heterocycles. The van der Waals surface area contributed by atoms with E-state index in [1.165, 1.54) is 24.0 Å². The van der Waals surface area contributed by atoms with E-state index in [2.05, 4.69) is 24.1 Å². The Hall–Kier alpha value is -1.56. The Morgan fingerprint density at radius 1 is 1.40 bits per heavy atom. The molecule has 0 saturated heterocycles. The van der Waals surface area contributed by atoms with Gasteiger partial charge in [-0.25, -0.2) is 9.78 Å². The minimum Gasteiger partial charge on any atom is -0.477 e. The summed E-state index contributed by atoms with van der Waals surface area (Å²) in [6, 6.07) is 3.18. The van der Waals surface area contributed by atoms with Gasteiger partial charge in [0.1, 0.15) is 5.69 Å². The average Bonchev–Trinajstić information content (AvgIpc) is 2.38. The van der Waals surface area contributed by atoms with Gasteiger partial charge in [0, 0.05) is 17.6 Å². The van der Waals surface area contributed by atoms with Crippen molar-refractivity contribution in [3.63, 3.8) is 0 Å². The van der Waals surface area contributed by atoms with Crippen LogP contribution in [0.5, 0.6) is 0 Å². The van der Waals surface area contributed by atoms with Gasteiger partial charge in [-0.2, -0.15) is 0 Å². The van der Waals surface area contributed by atoms with Crippen LogP contribution in [0, 0.1) is 5.92 Å². The van der Waals surface area contributed by atoms with Gasteiger partial charge >= 0.3 is 5.97 Å². The lowest BCUT2D eigenvalue weighted by molar-refractivity contribution is -0.120. The summed E-state index contributed by atoms with van der Waals surface area (Å²) in [6.07, 6.45) is 2.39. The Balaban J connectivity index is 2.52. The number of carbonyl (C=O) groups excluding carboxylic acids is 1. The Kier molecular flexibility index (Phi) is 6.51. The fraction of sp³-hybridized carbons (Fsp3) is 0.500. The van der Waals surface area contributed by atoms with Crippen LogP contribution in [0.15, 0.2) is 23.2 Å². The molecule has 0 radical (unpaired) electrons. The number of aromatic carboxylic acids is 1. The number of carbonyl (C=O) groups is 2. The molecule has 1 heterocycles. The molecule has 6 heteroatoms. The van der Waals surface area contributed by atoms with Crippen molar-refractivity contribution in [1.82, 2.24) is 10.3 Å². The van der Waals surface area contributed by atoms with E-state index in [-0.39, 0.29) is 16.9 Å². The zero-order valence-electron chi connectivity index (χ0n) is 11.9. The van der Waals surface area contributed by atoms with E-state index in [1.807, 2.05) is 0 Å². The maximum absolute atomic E-state index is 11.9. The molecule has 0 fully saturated rings. The minimum absolute atomic E-state index is 0.0117. The predicted molar refractivity (Wildman–Crippen MR) is 79.0 cm³/mol. The lowest BCUT2D eigenvalue weighted by Gasteiger charge is -2.13. The fourth-order valence-corrected chi connectivity index (χ4v) is 2.40. The van der Waals surface area contributed by atoms with Gasteiger partial charge in [0.2, 0.25) is 5.91 Å². The molecule has 5 nitrogen and oxygen atoms in total. The monoisotopic (exact) mass is 296 g/mol. The molecule has 0 aromatic carbocycles. The third-order valence-corrected chi connectivity index (χ3v) is 3.75. The van der Waals surface area contributed by atoms with E-state index in [9.17, 15) is 9.59 Å². The predicted octanol–water partition coefficient (Wildman–Crippen LogP) is 2.42. The molecule has 0 aliphatic heterocycles. The largest absolute Gasteiger partial charge is 0.477 e. The van der Waals surface area contributed by atoms with Gasteiger partial charge in [-0.15, -0.1) is 11.8 Å². The highest BCUT2D eigenvalue weighted by atomic mass is 32.2. The number of hydrogen-bond donors (Lipinski definition) is 2. The van der Waals surface area contributed by atoms with Crippen molar-refractivity contribution in [3.8, 4) is 0 Å². The van der Waals surface area contributed by atoms with E-state index >= 15 is 0 Å². The summed E-state index contributed by atoms with van der Waals surface area (Å²) in [4.78, 5) is 27.2. The van der Waals surface area contributed by atoms with Gasteiger partial charge < -0.3 is 10.4 Å². The topological polar surface area (TPSA) is 79.3 Å². The van der Waals surface area contributed by atoms with Gasteiger partial charge in [-0.3, -0.25) is 4.79 Å². The molecule has 0 bridgehead atoms. The number of carboxylic acids is 1. The highest BCUT2D eigenvalue weighted by Crippen LogP contribution is 2.23. The standard InChI is InChI=1S/C14H20N2O3S/c1-9(2)4-6-16-13(17)10(3)20-11-5-7-15-12(8-11)14(18)19/h5,7-10H,4,6H2,1-3H3,(H,16,17)(H,18,19). The van der Waals surface area contributed by atoms with Gasteiger partial charge in [0.15, 0.2) is 0 Å². The Morgan fingerprint density at radius 2 is 2.10 bits per heavy atom. The van der Waals surface area contributed by atoms with Gasteiger partial charge in [-0.1, -0.05) is 13.8 Å². The van der Waals surface area contributed by atoms with Crippen molar-refractivity contribution in [2.24, 2.45) is 5.92 Å². The molecule has 1 unspecified atom stereocenters. The van der Waals surface area contributed by atoms with Crippen LogP contribution in [0.25, 0.3) is 0 Å².